The van der Waals surface area contributed by atoms with Crippen LogP contribution < -0.4 is 5.32 Å². The molecule has 0 spiro atoms. The lowest BCUT2D eigenvalue weighted by molar-refractivity contribution is -0.115. The fraction of sp³-hybridized carbons (Fsp3) is 0.158. The number of hydrogen-bond donors (Lipinski definition) is 1. The van der Waals surface area contributed by atoms with E-state index in [1.807, 2.05) is 18.2 Å². The summed E-state index contributed by atoms with van der Waals surface area (Å²) in [6.45, 7) is 2.01. The topological polar surface area (TPSA) is 98.7 Å². The summed E-state index contributed by atoms with van der Waals surface area (Å²) in [5.41, 5.74) is 2.65. The molecule has 4 aromatic rings. The number of nitrogens with one attached hydrogen (secondary N) is 1. The van der Waals surface area contributed by atoms with Gasteiger partial charge in [0, 0.05) is 17.3 Å². The van der Waals surface area contributed by atoms with Gasteiger partial charge in [0.15, 0.2) is 5.58 Å². The number of benzene rings is 1. The lowest BCUT2D eigenvalue weighted by Gasteiger charge is -2.06. The Kier molecular flexibility index (Phi) is 4.29. The van der Waals surface area contributed by atoms with Gasteiger partial charge in [-0.3, -0.25) is 4.79 Å². The van der Waals surface area contributed by atoms with E-state index >= 15 is 0 Å². The molecular weight excluding hydrogens is 348 g/mol. The number of rotatable bonds is 5. The number of hydrogen-bond acceptors (Lipinski definition) is 6. The Morgan fingerprint density at radius 3 is 2.96 bits per heavy atom. The predicted octanol–water partition coefficient (Wildman–Crippen LogP) is 2.83. The fourth-order valence-corrected chi connectivity index (χ4v) is 2.85. The highest BCUT2D eigenvalue weighted by molar-refractivity contribution is 5.99. The molecule has 1 amide bonds. The zero-order valence-electron chi connectivity index (χ0n) is 14.5. The minimum absolute atomic E-state index is 0.0756. The maximum atomic E-state index is 12.4. The molecule has 4 rings (SSSR count). The van der Waals surface area contributed by atoms with E-state index in [0.717, 1.165) is 5.39 Å². The first-order valence-electron chi connectivity index (χ1n) is 8.43. The van der Waals surface area contributed by atoms with Crippen LogP contribution in [0.4, 0.5) is 5.69 Å². The lowest BCUT2D eigenvalue weighted by atomic mass is 10.1. The minimum Gasteiger partial charge on any atom is -0.462 e. The molecule has 0 aliphatic rings. The molecule has 0 aliphatic heterocycles. The number of aromatic nitrogens is 3. The highest BCUT2D eigenvalue weighted by Gasteiger charge is 2.16. The molecule has 0 atom stereocenters. The monoisotopic (exact) mass is 364 g/mol. The van der Waals surface area contributed by atoms with Crippen LogP contribution in [0.2, 0.25) is 0 Å². The van der Waals surface area contributed by atoms with Crippen LogP contribution in [0.1, 0.15) is 23.0 Å². The third kappa shape index (κ3) is 3.24. The van der Waals surface area contributed by atoms with Crippen molar-refractivity contribution >= 4 is 34.0 Å². The van der Waals surface area contributed by atoms with Crippen LogP contribution in [0.3, 0.4) is 0 Å². The first kappa shape index (κ1) is 16.8. The average molecular weight is 364 g/mol. The molecular formula is C19H16N4O4. The molecule has 1 N–H and O–H groups in total. The number of anilines is 1. The number of esters is 1. The van der Waals surface area contributed by atoms with E-state index in [-0.39, 0.29) is 18.9 Å². The van der Waals surface area contributed by atoms with E-state index in [4.69, 9.17) is 9.26 Å². The number of ether oxygens (including phenoxy) is 1. The molecule has 3 heterocycles. The van der Waals surface area contributed by atoms with E-state index in [9.17, 15) is 9.59 Å². The maximum Gasteiger partial charge on any atom is 0.341 e. The number of amides is 1. The Labute approximate surface area is 153 Å². The van der Waals surface area contributed by atoms with Crippen molar-refractivity contribution in [3.8, 4) is 0 Å². The number of carbonyl (C=O) groups is 2. The summed E-state index contributed by atoms with van der Waals surface area (Å²) in [5, 5.41) is 11.7. The van der Waals surface area contributed by atoms with Gasteiger partial charge >= 0.3 is 5.97 Å². The Bertz CT molecular complexity index is 1140. The Morgan fingerprint density at radius 1 is 1.26 bits per heavy atom. The molecule has 0 unspecified atom stereocenters. The third-order valence-corrected chi connectivity index (χ3v) is 4.08. The predicted molar refractivity (Wildman–Crippen MR) is 97.5 cm³/mol. The van der Waals surface area contributed by atoms with Gasteiger partial charge in [-0.25, -0.2) is 9.31 Å². The van der Waals surface area contributed by atoms with E-state index in [0.29, 0.717) is 28.0 Å². The van der Waals surface area contributed by atoms with Gasteiger partial charge in [0.05, 0.1) is 24.7 Å². The van der Waals surface area contributed by atoms with Crippen molar-refractivity contribution in [1.29, 1.82) is 0 Å². The zero-order chi connectivity index (χ0) is 18.8. The standard InChI is InChI=1S/C19H16N4O4/c1-2-26-19(25)14-11-20-23-8-7-12(9-16(14)23)21-18(24)10-15-13-5-3-4-6-17(13)27-22-15/h3-9,11H,2,10H2,1H3,(H,21,24). The smallest absolute Gasteiger partial charge is 0.341 e. The Balaban J connectivity index is 1.55. The summed E-state index contributed by atoms with van der Waals surface area (Å²) >= 11 is 0. The molecule has 8 heteroatoms. The Morgan fingerprint density at radius 2 is 2.11 bits per heavy atom. The summed E-state index contributed by atoms with van der Waals surface area (Å²) in [6.07, 6.45) is 3.19. The normalized spacial score (nSPS) is 11.0. The van der Waals surface area contributed by atoms with Crippen LogP contribution in [-0.2, 0) is 16.0 Å². The number of carbonyl (C=O) groups excluding carboxylic acids is 2. The number of fused-ring (bicyclic) bond motifs is 2. The van der Waals surface area contributed by atoms with Crippen LogP contribution in [0.15, 0.2) is 53.3 Å². The molecule has 8 nitrogen and oxygen atoms in total. The SMILES string of the molecule is CCOC(=O)c1cnn2ccc(NC(=O)Cc3noc4ccccc34)cc12. The van der Waals surface area contributed by atoms with Gasteiger partial charge in [-0.15, -0.1) is 0 Å². The quantitative estimate of drug-likeness (QED) is 0.547. The molecule has 3 aromatic heterocycles. The Hall–Kier alpha value is -3.68. The second-order valence-corrected chi connectivity index (χ2v) is 5.87. The molecule has 0 saturated carbocycles. The van der Waals surface area contributed by atoms with Crippen molar-refractivity contribution in [2.24, 2.45) is 0 Å². The van der Waals surface area contributed by atoms with E-state index in [1.54, 1.807) is 35.8 Å². The highest BCUT2D eigenvalue weighted by Crippen LogP contribution is 2.20. The fourth-order valence-electron chi connectivity index (χ4n) is 2.85. The highest BCUT2D eigenvalue weighted by atomic mass is 16.5. The first-order valence-corrected chi connectivity index (χ1v) is 8.43. The first-order chi connectivity index (χ1) is 13.2. The van der Waals surface area contributed by atoms with Gasteiger partial charge in [-0.05, 0) is 31.2 Å². The number of pyridine rings is 1. The van der Waals surface area contributed by atoms with Gasteiger partial charge in [0.2, 0.25) is 5.91 Å². The summed E-state index contributed by atoms with van der Waals surface area (Å²) < 4.78 is 11.8. The average Bonchev–Trinajstić information content (AvgIpc) is 3.26. The van der Waals surface area contributed by atoms with E-state index in [1.165, 1.54) is 6.20 Å². The molecule has 0 bridgehead atoms. The molecule has 1 aromatic carbocycles. The molecule has 0 aliphatic carbocycles. The van der Waals surface area contributed by atoms with Gasteiger partial charge < -0.3 is 14.6 Å². The molecule has 0 fully saturated rings. The largest absolute Gasteiger partial charge is 0.462 e. The zero-order valence-corrected chi connectivity index (χ0v) is 14.5. The molecule has 136 valence electrons. The van der Waals surface area contributed by atoms with Gasteiger partial charge in [0.25, 0.3) is 0 Å². The number of nitrogens with zero attached hydrogens (tertiary/aromatic N) is 3. The van der Waals surface area contributed by atoms with Crippen LogP contribution in [0, 0.1) is 0 Å². The van der Waals surface area contributed by atoms with Crippen LogP contribution in [0.5, 0.6) is 0 Å². The second kappa shape index (κ2) is 6.91. The molecule has 0 saturated heterocycles. The van der Waals surface area contributed by atoms with Crippen LogP contribution in [0.25, 0.3) is 16.5 Å². The summed E-state index contributed by atoms with van der Waals surface area (Å²) in [6, 6.07) is 10.8. The second-order valence-electron chi connectivity index (χ2n) is 5.87. The van der Waals surface area contributed by atoms with Crippen LogP contribution >= 0.6 is 0 Å². The van der Waals surface area contributed by atoms with Gasteiger partial charge in [-0.2, -0.15) is 5.10 Å². The van der Waals surface area contributed by atoms with Gasteiger partial charge in [0.1, 0.15) is 11.3 Å². The summed E-state index contributed by atoms with van der Waals surface area (Å²) in [5.74, 6) is -0.694. The summed E-state index contributed by atoms with van der Waals surface area (Å²) in [4.78, 5) is 24.4. The number of para-hydroxylation sites is 1. The van der Waals surface area contributed by atoms with Gasteiger partial charge in [-0.1, -0.05) is 17.3 Å². The van der Waals surface area contributed by atoms with Crippen molar-refractivity contribution in [3.63, 3.8) is 0 Å². The van der Waals surface area contributed by atoms with Crippen molar-refractivity contribution in [3.05, 3.63) is 60.0 Å². The van der Waals surface area contributed by atoms with Crippen molar-refractivity contribution in [1.82, 2.24) is 14.8 Å². The maximum absolute atomic E-state index is 12.4. The summed E-state index contributed by atoms with van der Waals surface area (Å²) in [7, 11) is 0. The van der Waals surface area contributed by atoms with E-state index < -0.39 is 5.97 Å². The van der Waals surface area contributed by atoms with Crippen molar-refractivity contribution < 1.29 is 18.8 Å². The van der Waals surface area contributed by atoms with Crippen LogP contribution in [-0.4, -0.2) is 33.3 Å². The lowest BCUT2D eigenvalue weighted by Crippen LogP contribution is -2.15. The third-order valence-electron chi connectivity index (χ3n) is 4.08. The van der Waals surface area contributed by atoms with Crippen molar-refractivity contribution in [2.75, 3.05) is 11.9 Å². The molecule has 0 radical (unpaired) electrons. The molecule has 27 heavy (non-hydrogen) atoms. The van der Waals surface area contributed by atoms with E-state index in [2.05, 4.69) is 15.6 Å². The van der Waals surface area contributed by atoms with Crippen molar-refractivity contribution in [2.45, 2.75) is 13.3 Å². The minimum atomic E-state index is -0.454.